The zero-order chi connectivity index (χ0) is 19.8. The van der Waals surface area contributed by atoms with E-state index in [-0.39, 0.29) is 11.5 Å². The van der Waals surface area contributed by atoms with Crippen molar-refractivity contribution >= 4 is 11.6 Å². The maximum atomic E-state index is 12.6. The SMILES string of the molecule is CCN(/C=C(/C#N)C(=O)Nc1c(C)cc(C)cc1C)CCc1ccncc1. The summed E-state index contributed by atoms with van der Waals surface area (Å²) in [5, 5.41) is 12.4. The maximum Gasteiger partial charge on any atom is 0.267 e. The first kappa shape index (κ1) is 20.2. The number of hydrogen-bond acceptors (Lipinski definition) is 4. The normalized spacial score (nSPS) is 11.0. The number of benzene rings is 1. The standard InChI is InChI=1S/C22H26N4O/c1-5-26(11-8-19-6-9-24-10-7-19)15-20(14-23)22(27)25-21-17(3)12-16(2)13-18(21)4/h6-7,9-10,12-13,15H,5,8,11H2,1-4H3,(H,25,27)/b20-15-. The van der Waals surface area contributed by atoms with Crippen LogP contribution in [0.5, 0.6) is 0 Å². The Morgan fingerprint density at radius 1 is 1.22 bits per heavy atom. The zero-order valence-corrected chi connectivity index (χ0v) is 16.4. The topological polar surface area (TPSA) is 69.0 Å². The molecule has 0 bridgehead atoms. The summed E-state index contributed by atoms with van der Waals surface area (Å²) < 4.78 is 0. The van der Waals surface area contributed by atoms with Gasteiger partial charge in [0.1, 0.15) is 11.6 Å². The summed E-state index contributed by atoms with van der Waals surface area (Å²) in [6.07, 6.45) is 6.00. The number of aryl methyl sites for hydroxylation is 3. The molecular formula is C22H26N4O. The zero-order valence-electron chi connectivity index (χ0n) is 16.4. The fourth-order valence-electron chi connectivity index (χ4n) is 3.02. The highest BCUT2D eigenvalue weighted by Gasteiger charge is 2.14. The van der Waals surface area contributed by atoms with Crippen molar-refractivity contribution in [3.8, 4) is 6.07 Å². The molecule has 0 spiro atoms. The molecule has 1 aromatic carbocycles. The maximum absolute atomic E-state index is 12.6. The van der Waals surface area contributed by atoms with Gasteiger partial charge in [0.25, 0.3) is 5.91 Å². The highest BCUT2D eigenvalue weighted by molar-refractivity contribution is 6.07. The van der Waals surface area contributed by atoms with Crippen molar-refractivity contribution in [1.29, 1.82) is 5.26 Å². The lowest BCUT2D eigenvalue weighted by molar-refractivity contribution is -0.112. The van der Waals surface area contributed by atoms with Crippen LogP contribution in [0.4, 0.5) is 5.69 Å². The average Bonchev–Trinajstić information content (AvgIpc) is 2.65. The Hall–Kier alpha value is -3.13. The monoisotopic (exact) mass is 362 g/mol. The first-order valence-corrected chi connectivity index (χ1v) is 9.08. The van der Waals surface area contributed by atoms with Gasteiger partial charge in [-0.25, -0.2) is 0 Å². The Morgan fingerprint density at radius 3 is 2.41 bits per heavy atom. The molecule has 1 N–H and O–H groups in total. The van der Waals surface area contributed by atoms with E-state index in [9.17, 15) is 10.1 Å². The third-order valence-electron chi connectivity index (χ3n) is 4.44. The van der Waals surface area contributed by atoms with E-state index in [1.807, 2.05) is 62.9 Å². The second-order valence-corrected chi connectivity index (χ2v) is 6.62. The number of aromatic nitrogens is 1. The van der Waals surface area contributed by atoms with Gasteiger partial charge in [0.15, 0.2) is 0 Å². The van der Waals surface area contributed by atoms with Gasteiger partial charge in [-0.05, 0) is 62.9 Å². The molecule has 2 rings (SSSR count). The molecule has 1 amide bonds. The van der Waals surface area contributed by atoms with E-state index in [0.29, 0.717) is 6.54 Å². The third-order valence-corrected chi connectivity index (χ3v) is 4.44. The van der Waals surface area contributed by atoms with Gasteiger partial charge in [0, 0.05) is 37.4 Å². The van der Waals surface area contributed by atoms with Crippen LogP contribution in [0.1, 0.15) is 29.2 Å². The third kappa shape index (κ3) is 5.68. The van der Waals surface area contributed by atoms with Crippen LogP contribution >= 0.6 is 0 Å². The van der Waals surface area contributed by atoms with E-state index >= 15 is 0 Å². The smallest absolute Gasteiger partial charge is 0.267 e. The van der Waals surface area contributed by atoms with E-state index in [2.05, 4.69) is 10.3 Å². The number of anilines is 1. The molecule has 0 radical (unpaired) electrons. The first-order valence-electron chi connectivity index (χ1n) is 9.08. The number of amides is 1. The summed E-state index contributed by atoms with van der Waals surface area (Å²) in [6.45, 7) is 9.38. The Morgan fingerprint density at radius 2 is 1.85 bits per heavy atom. The molecule has 0 unspecified atom stereocenters. The van der Waals surface area contributed by atoms with Crippen LogP contribution in [-0.2, 0) is 11.2 Å². The molecule has 2 aromatic rings. The van der Waals surface area contributed by atoms with Crippen LogP contribution < -0.4 is 5.32 Å². The van der Waals surface area contributed by atoms with Gasteiger partial charge < -0.3 is 10.2 Å². The second kappa shape index (κ2) is 9.54. The number of carbonyl (C=O) groups is 1. The highest BCUT2D eigenvalue weighted by atomic mass is 16.1. The second-order valence-electron chi connectivity index (χ2n) is 6.62. The summed E-state index contributed by atoms with van der Waals surface area (Å²) in [5.74, 6) is -0.380. The van der Waals surface area contributed by atoms with E-state index in [1.54, 1.807) is 18.6 Å². The predicted molar refractivity (Wildman–Crippen MR) is 108 cm³/mol. The van der Waals surface area contributed by atoms with Crippen LogP contribution in [0, 0.1) is 32.1 Å². The highest BCUT2D eigenvalue weighted by Crippen LogP contribution is 2.22. The lowest BCUT2D eigenvalue weighted by Gasteiger charge is -2.19. The quantitative estimate of drug-likeness (QED) is 0.599. The molecular weight excluding hydrogens is 336 g/mol. The molecule has 0 aliphatic rings. The number of pyridine rings is 1. The lowest BCUT2D eigenvalue weighted by Crippen LogP contribution is -2.23. The Labute approximate surface area is 161 Å². The number of nitrogens with one attached hydrogen (secondary N) is 1. The minimum absolute atomic E-state index is 0.103. The van der Waals surface area contributed by atoms with E-state index in [0.717, 1.165) is 35.3 Å². The van der Waals surface area contributed by atoms with Crippen molar-refractivity contribution in [2.75, 3.05) is 18.4 Å². The number of hydrogen-bond donors (Lipinski definition) is 1. The lowest BCUT2D eigenvalue weighted by atomic mass is 10.0. The van der Waals surface area contributed by atoms with E-state index in [4.69, 9.17) is 0 Å². The van der Waals surface area contributed by atoms with Crippen molar-refractivity contribution in [2.24, 2.45) is 0 Å². The van der Waals surface area contributed by atoms with Gasteiger partial charge >= 0.3 is 0 Å². The van der Waals surface area contributed by atoms with Crippen LogP contribution in [-0.4, -0.2) is 28.9 Å². The first-order chi connectivity index (χ1) is 12.9. The van der Waals surface area contributed by atoms with Gasteiger partial charge in [0.2, 0.25) is 0 Å². The van der Waals surface area contributed by atoms with E-state index < -0.39 is 0 Å². The summed E-state index contributed by atoms with van der Waals surface area (Å²) >= 11 is 0. The molecule has 140 valence electrons. The average molecular weight is 362 g/mol. The molecule has 0 aliphatic heterocycles. The van der Waals surface area contributed by atoms with Gasteiger partial charge in [-0.2, -0.15) is 5.26 Å². The largest absolute Gasteiger partial charge is 0.376 e. The fraction of sp³-hybridized carbons (Fsp3) is 0.318. The molecule has 0 saturated heterocycles. The van der Waals surface area contributed by atoms with Crippen LogP contribution in [0.2, 0.25) is 0 Å². The molecule has 0 fully saturated rings. The molecule has 0 saturated carbocycles. The van der Waals surface area contributed by atoms with Crippen molar-refractivity contribution < 1.29 is 4.79 Å². The molecule has 5 nitrogen and oxygen atoms in total. The Bertz CT molecular complexity index is 843. The number of carbonyl (C=O) groups excluding carboxylic acids is 1. The van der Waals surface area contributed by atoms with E-state index in [1.165, 1.54) is 5.56 Å². The van der Waals surface area contributed by atoms with Crippen LogP contribution in [0.3, 0.4) is 0 Å². The van der Waals surface area contributed by atoms with Crippen molar-refractivity contribution in [3.05, 3.63) is 70.7 Å². The fourth-order valence-corrected chi connectivity index (χ4v) is 3.02. The Kier molecular flexibility index (Phi) is 7.13. The number of likely N-dealkylation sites (N-methyl/N-ethyl adjacent to an activating group) is 1. The summed E-state index contributed by atoms with van der Waals surface area (Å²) in [7, 11) is 0. The van der Waals surface area contributed by atoms with Gasteiger partial charge in [-0.15, -0.1) is 0 Å². The van der Waals surface area contributed by atoms with Crippen LogP contribution in [0.25, 0.3) is 0 Å². The minimum atomic E-state index is -0.380. The molecule has 0 atom stereocenters. The van der Waals surface area contributed by atoms with Crippen molar-refractivity contribution in [1.82, 2.24) is 9.88 Å². The summed E-state index contributed by atoms with van der Waals surface area (Å²) in [4.78, 5) is 18.6. The van der Waals surface area contributed by atoms with Crippen molar-refractivity contribution in [2.45, 2.75) is 34.1 Å². The van der Waals surface area contributed by atoms with Gasteiger partial charge in [-0.3, -0.25) is 9.78 Å². The Balaban J connectivity index is 2.11. The molecule has 1 aromatic heterocycles. The predicted octanol–water partition coefficient (Wildman–Crippen LogP) is 3.92. The van der Waals surface area contributed by atoms with Crippen LogP contribution in [0.15, 0.2) is 48.4 Å². The summed E-state index contributed by atoms with van der Waals surface area (Å²) in [6, 6.07) is 10.0. The molecule has 0 aliphatic carbocycles. The number of rotatable bonds is 7. The molecule has 1 heterocycles. The van der Waals surface area contributed by atoms with Gasteiger partial charge in [0.05, 0.1) is 0 Å². The molecule has 5 heteroatoms. The summed E-state index contributed by atoms with van der Waals surface area (Å²) in [5.41, 5.74) is 5.17. The number of nitriles is 1. The molecule has 27 heavy (non-hydrogen) atoms. The number of nitrogens with zero attached hydrogens (tertiary/aromatic N) is 3. The van der Waals surface area contributed by atoms with Gasteiger partial charge in [-0.1, -0.05) is 17.7 Å². The van der Waals surface area contributed by atoms with Crippen molar-refractivity contribution in [3.63, 3.8) is 0 Å². The minimum Gasteiger partial charge on any atom is -0.376 e.